The first kappa shape index (κ1) is 25.2. The molecule has 180 valence electrons. The Morgan fingerprint density at radius 3 is 2.64 bits per heavy atom. The molecule has 0 unspecified atom stereocenters. The van der Waals surface area contributed by atoms with Crippen molar-refractivity contribution < 1.29 is 17.9 Å². The zero-order valence-electron chi connectivity index (χ0n) is 18.4. The van der Waals surface area contributed by atoms with Crippen LogP contribution in [0.15, 0.2) is 47.9 Å². The SMILES string of the molecule is N=C/C1=C(\C(=O)Nc2cccc(Cl)c2)OCCCC/C=C/CCNS(=O)(=O)N2CCN1CC2. The van der Waals surface area contributed by atoms with Crippen molar-refractivity contribution >= 4 is 39.6 Å². The van der Waals surface area contributed by atoms with Crippen molar-refractivity contribution in [1.29, 1.82) is 5.41 Å². The van der Waals surface area contributed by atoms with Crippen LogP contribution in [0.4, 0.5) is 5.69 Å². The fourth-order valence-corrected chi connectivity index (χ4v) is 5.01. The van der Waals surface area contributed by atoms with Gasteiger partial charge in [0.05, 0.1) is 6.61 Å². The predicted octanol–water partition coefficient (Wildman–Crippen LogP) is 2.74. The molecule has 0 spiro atoms. The Balaban J connectivity index is 1.85. The second kappa shape index (κ2) is 12.2. The number of benzene rings is 1. The smallest absolute Gasteiger partial charge is 0.293 e. The van der Waals surface area contributed by atoms with Crippen LogP contribution in [0.2, 0.25) is 5.02 Å². The molecule has 1 aromatic carbocycles. The van der Waals surface area contributed by atoms with E-state index in [2.05, 4.69) is 10.0 Å². The minimum absolute atomic E-state index is 0.0410. The first-order valence-electron chi connectivity index (χ1n) is 11.0. The van der Waals surface area contributed by atoms with E-state index in [0.29, 0.717) is 49.1 Å². The number of ether oxygens (including phenoxy) is 1. The van der Waals surface area contributed by atoms with Crippen LogP contribution in [0.5, 0.6) is 0 Å². The molecule has 0 radical (unpaired) electrons. The van der Waals surface area contributed by atoms with Crippen molar-refractivity contribution in [3.8, 4) is 0 Å². The van der Waals surface area contributed by atoms with Crippen LogP contribution in [0, 0.1) is 5.41 Å². The maximum Gasteiger partial charge on any atom is 0.293 e. The average molecular weight is 496 g/mol. The van der Waals surface area contributed by atoms with Gasteiger partial charge in [0.1, 0.15) is 5.70 Å². The standard InChI is InChI=1S/C22H30ClN5O4S/c23-18-8-7-9-19(16-18)26-22(29)21-20(17-24)27-11-13-28(14-12-27)33(30,31)25-10-5-3-1-2-4-6-15-32-21/h1,3,7-9,16-17,24-25H,2,4-6,10-15H2,(H,26,29)/b3-1+,21-20-,24-17?. The molecule has 1 fully saturated rings. The van der Waals surface area contributed by atoms with E-state index in [9.17, 15) is 13.2 Å². The molecule has 3 aliphatic rings. The third kappa shape index (κ3) is 7.29. The van der Waals surface area contributed by atoms with E-state index in [1.54, 1.807) is 24.3 Å². The van der Waals surface area contributed by atoms with E-state index in [1.807, 2.05) is 17.1 Å². The van der Waals surface area contributed by atoms with E-state index >= 15 is 0 Å². The number of carbonyl (C=O) groups excluding carboxylic acids is 1. The van der Waals surface area contributed by atoms with E-state index in [-0.39, 0.29) is 18.8 Å². The third-order valence-electron chi connectivity index (χ3n) is 5.35. The van der Waals surface area contributed by atoms with Crippen LogP contribution < -0.4 is 10.0 Å². The van der Waals surface area contributed by atoms with E-state index in [4.69, 9.17) is 21.7 Å². The molecule has 33 heavy (non-hydrogen) atoms. The minimum Gasteiger partial charge on any atom is -0.486 e. The fraction of sp³-hybridized carbons (Fsp3) is 0.455. The highest BCUT2D eigenvalue weighted by Crippen LogP contribution is 2.20. The lowest BCUT2D eigenvalue weighted by atomic mass is 10.2. The molecule has 2 bridgehead atoms. The maximum absolute atomic E-state index is 13.1. The van der Waals surface area contributed by atoms with Crippen molar-refractivity contribution in [2.45, 2.75) is 25.7 Å². The van der Waals surface area contributed by atoms with Gasteiger partial charge in [-0.1, -0.05) is 29.8 Å². The van der Waals surface area contributed by atoms with Gasteiger partial charge in [0.15, 0.2) is 0 Å². The number of carbonyl (C=O) groups is 1. The molecule has 0 saturated carbocycles. The van der Waals surface area contributed by atoms with Crippen LogP contribution in [0.1, 0.15) is 25.7 Å². The number of nitrogens with one attached hydrogen (secondary N) is 3. The molecule has 11 heteroatoms. The lowest BCUT2D eigenvalue weighted by molar-refractivity contribution is -0.116. The number of piperazine rings is 1. The van der Waals surface area contributed by atoms with Crippen LogP contribution in [-0.2, 0) is 19.7 Å². The highest BCUT2D eigenvalue weighted by atomic mass is 35.5. The number of halogens is 1. The second-order valence-corrected chi connectivity index (χ2v) is 9.90. The van der Waals surface area contributed by atoms with Gasteiger partial charge in [-0.05, 0) is 43.9 Å². The zero-order valence-corrected chi connectivity index (χ0v) is 20.0. The molecular weight excluding hydrogens is 466 g/mol. The van der Waals surface area contributed by atoms with E-state index in [0.717, 1.165) is 25.5 Å². The van der Waals surface area contributed by atoms with Crippen LogP contribution in [0.25, 0.3) is 0 Å². The predicted molar refractivity (Wildman–Crippen MR) is 130 cm³/mol. The van der Waals surface area contributed by atoms with Crippen molar-refractivity contribution in [3.05, 3.63) is 52.9 Å². The molecule has 0 aromatic heterocycles. The summed E-state index contributed by atoms with van der Waals surface area (Å²) in [5, 5.41) is 11.2. The first-order chi connectivity index (χ1) is 15.9. The molecule has 9 nitrogen and oxygen atoms in total. The van der Waals surface area contributed by atoms with E-state index in [1.165, 1.54) is 4.31 Å². The van der Waals surface area contributed by atoms with Crippen molar-refractivity contribution in [2.75, 3.05) is 44.6 Å². The molecule has 3 heterocycles. The number of nitrogens with zero attached hydrogens (tertiary/aromatic N) is 2. The van der Waals surface area contributed by atoms with Gasteiger partial charge in [-0.2, -0.15) is 12.7 Å². The van der Waals surface area contributed by atoms with Gasteiger partial charge in [0.25, 0.3) is 16.1 Å². The quantitative estimate of drug-likeness (QED) is 0.440. The van der Waals surface area contributed by atoms with Crippen molar-refractivity contribution in [2.24, 2.45) is 0 Å². The number of anilines is 1. The van der Waals surface area contributed by atoms with Crippen LogP contribution >= 0.6 is 11.6 Å². The van der Waals surface area contributed by atoms with Gasteiger partial charge in [-0.25, -0.2) is 4.72 Å². The summed E-state index contributed by atoms with van der Waals surface area (Å²) in [6.45, 7) is 1.84. The lowest BCUT2D eigenvalue weighted by Gasteiger charge is -2.36. The monoisotopic (exact) mass is 495 g/mol. The second-order valence-electron chi connectivity index (χ2n) is 7.71. The summed E-state index contributed by atoms with van der Waals surface area (Å²) in [4.78, 5) is 14.9. The summed E-state index contributed by atoms with van der Waals surface area (Å²) in [5.41, 5.74) is 0.840. The van der Waals surface area contributed by atoms with Gasteiger partial charge in [-0.3, -0.25) is 4.79 Å². The normalized spacial score (nSPS) is 23.8. The summed E-state index contributed by atoms with van der Waals surface area (Å²) in [7, 11) is -3.58. The first-order valence-corrected chi connectivity index (χ1v) is 12.8. The molecule has 0 atom stereocenters. The molecular formula is C22H30ClN5O4S. The van der Waals surface area contributed by atoms with Crippen molar-refractivity contribution in [1.82, 2.24) is 13.9 Å². The van der Waals surface area contributed by atoms with Crippen molar-refractivity contribution in [3.63, 3.8) is 0 Å². The highest BCUT2D eigenvalue weighted by molar-refractivity contribution is 7.87. The zero-order chi connectivity index (χ0) is 23.7. The molecule has 1 saturated heterocycles. The lowest BCUT2D eigenvalue weighted by Crippen LogP contribution is -2.52. The summed E-state index contributed by atoms with van der Waals surface area (Å²) >= 11 is 6.03. The topological polar surface area (TPSA) is 115 Å². The van der Waals surface area contributed by atoms with Gasteiger partial charge in [0, 0.05) is 49.6 Å². The number of amides is 1. The number of fused-ring (bicyclic) bond motifs is 12. The molecule has 3 N–H and O–H groups in total. The van der Waals surface area contributed by atoms with Gasteiger partial charge in [0.2, 0.25) is 5.76 Å². The minimum atomic E-state index is -3.58. The molecule has 1 amide bonds. The number of hydrogen-bond donors (Lipinski definition) is 3. The molecule has 3 aliphatic heterocycles. The summed E-state index contributed by atoms with van der Waals surface area (Å²) in [6, 6.07) is 6.79. The Hall–Kier alpha value is -2.40. The third-order valence-corrected chi connectivity index (χ3v) is 7.20. The highest BCUT2D eigenvalue weighted by Gasteiger charge is 2.29. The number of rotatable bonds is 3. The fourth-order valence-electron chi connectivity index (χ4n) is 3.62. The maximum atomic E-state index is 13.1. The summed E-state index contributed by atoms with van der Waals surface area (Å²) < 4.78 is 35.1. The summed E-state index contributed by atoms with van der Waals surface area (Å²) in [5.74, 6) is -0.440. The Morgan fingerprint density at radius 2 is 1.91 bits per heavy atom. The van der Waals surface area contributed by atoms with Gasteiger partial charge < -0.3 is 20.4 Å². The molecule has 0 aliphatic carbocycles. The van der Waals surface area contributed by atoms with Gasteiger partial charge in [-0.15, -0.1) is 0 Å². The Morgan fingerprint density at radius 1 is 1.15 bits per heavy atom. The van der Waals surface area contributed by atoms with E-state index < -0.39 is 16.1 Å². The Kier molecular flexibility index (Phi) is 9.30. The molecule has 1 aromatic rings. The number of hydrogen-bond acceptors (Lipinski definition) is 6. The van der Waals surface area contributed by atoms with Crippen LogP contribution in [-0.4, -0.2) is 69.1 Å². The van der Waals surface area contributed by atoms with Gasteiger partial charge >= 0.3 is 0 Å². The molecule has 4 rings (SSSR count). The summed E-state index contributed by atoms with van der Waals surface area (Å²) in [6.07, 6.45) is 8.15. The van der Waals surface area contributed by atoms with Crippen LogP contribution in [0.3, 0.4) is 0 Å². The Bertz CT molecular complexity index is 1000. The Labute approximate surface area is 200 Å². The number of allylic oxidation sites excluding steroid dienone is 2. The average Bonchev–Trinajstić information content (AvgIpc) is 2.79. The largest absolute Gasteiger partial charge is 0.486 e.